The van der Waals surface area contributed by atoms with E-state index in [9.17, 15) is 23.2 Å². The quantitative estimate of drug-likeness (QED) is 0.299. The molecule has 0 radical (unpaired) electrons. The number of benzene rings is 3. The highest BCUT2D eigenvalue weighted by molar-refractivity contribution is 6.49. The molecule has 2 aliphatic carbocycles. The van der Waals surface area contributed by atoms with E-state index in [0.717, 1.165) is 73.4 Å². The summed E-state index contributed by atoms with van der Waals surface area (Å²) >= 11 is 0. The second-order valence-corrected chi connectivity index (χ2v) is 13.1. The van der Waals surface area contributed by atoms with Crippen LogP contribution in [0.5, 0.6) is 0 Å². The van der Waals surface area contributed by atoms with E-state index >= 15 is 0 Å². The van der Waals surface area contributed by atoms with Crippen LogP contribution in [0.15, 0.2) is 76.7 Å². The molecule has 2 saturated carbocycles. The van der Waals surface area contributed by atoms with Gasteiger partial charge in [0.2, 0.25) is 0 Å². The predicted molar refractivity (Wildman–Crippen MR) is 185 cm³/mol. The molecule has 262 valence electrons. The topological polar surface area (TPSA) is 122 Å². The fourth-order valence-corrected chi connectivity index (χ4v) is 7.13. The molecule has 3 amide bonds. The summed E-state index contributed by atoms with van der Waals surface area (Å²) < 4.78 is 37.0. The zero-order valence-corrected chi connectivity index (χ0v) is 28.3. The summed E-state index contributed by atoms with van der Waals surface area (Å²) in [5, 5.41) is 5.77. The Morgan fingerprint density at radius 2 is 1.30 bits per heavy atom. The van der Waals surface area contributed by atoms with E-state index in [1.807, 2.05) is 36.4 Å². The number of hydrogen-bond donors (Lipinski definition) is 2. The molecule has 3 aromatic rings. The summed E-state index contributed by atoms with van der Waals surface area (Å²) in [5.41, 5.74) is 3.37. The SMILES string of the molecule is COCc1ccc(C2=NC3(CCCC3)N(C(=O)CNc3cc(F)cc(F)c3)C2=O)cc1.COCc1ccc(C2=NC3(CCCC3)NC2=O)cc1. The number of hydrogen-bond acceptors (Lipinski definition) is 8. The van der Waals surface area contributed by atoms with E-state index < -0.39 is 29.1 Å². The number of nitrogens with one attached hydrogen (secondary N) is 2. The van der Waals surface area contributed by atoms with Crippen LogP contribution >= 0.6 is 0 Å². The standard InChI is InChI=1S/C23H23F2N3O3.C15H18N2O2/c1-31-14-15-4-6-16(7-5-15)21-22(30)28(23(27-21)8-2-3-9-23)20(29)13-26-19-11-17(24)10-18(25)12-19;1-19-10-11-4-6-12(7-5-11)13-14(18)17-15(16-13)8-2-3-9-15/h4-7,10-12,26H,2-3,8-9,13-14H2,1H3;4-7H,2-3,8-10H2,1H3,(H,17,18). The van der Waals surface area contributed by atoms with Crippen molar-refractivity contribution in [2.75, 3.05) is 26.1 Å². The molecule has 0 bridgehead atoms. The van der Waals surface area contributed by atoms with Gasteiger partial charge < -0.3 is 20.1 Å². The van der Waals surface area contributed by atoms with Gasteiger partial charge in [-0.15, -0.1) is 0 Å². The Bertz CT molecular complexity index is 1780. The second kappa shape index (κ2) is 15.0. The Morgan fingerprint density at radius 3 is 1.84 bits per heavy atom. The van der Waals surface area contributed by atoms with Gasteiger partial charge in [-0.25, -0.2) is 13.7 Å². The Balaban J connectivity index is 0.000000194. The number of carbonyl (C=O) groups is 3. The number of anilines is 1. The van der Waals surface area contributed by atoms with Gasteiger partial charge in [0, 0.05) is 37.1 Å². The summed E-state index contributed by atoms with van der Waals surface area (Å²) in [4.78, 5) is 49.0. The third kappa shape index (κ3) is 7.51. The molecule has 0 unspecified atom stereocenters. The lowest BCUT2D eigenvalue weighted by atomic mass is 10.1. The summed E-state index contributed by atoms with van der Waals surface area (Å²) in [6, 6.07) is 18.1. The van der Waals surface area contributed by atoms with Gasteiger partial charge >= 0.3 is 0 Å². The van der Waals surface area contributed by atoms with Crippen LogP contribution in [-0.2, 0) is 37.1 Å². The van der Waals surface area contributed by atoms with E-state index in [-0.39, 0.29) is 29.5 Å². The molecular formula is C38H41F2N5O5. The highest BCUT2D eigenvalue weighted by Gasteiger charge is 2.51. The van der Waals surface area contributed by atoms with E-state index in [4.69, 9.17) is 14.5 Å². The number of rotatable bonds is 9. The fourth-order valence-electron chi connectivity index (χ4n) is 7.13. The molecule has 2 heterocycles. The molecular weight excluding hydrogens is 644 g/mol. The van der Waals surface area contributed by atoms with Crippen LogP contribution in [0.1, 0.15) is 73.6 Å². The number of halogens is 2. The van der Waals surface area contributed by atoms with E-state index in [2.05, 4.69) is 15.6 Å². The molecule has 0 saturated heterocycles. The lowest BCUT2D eigenvalue weighted by molar-refractivity contribution is -0.144. The normalized spacial score (nSPS) is 18.6. The lowest BCUT2D eigenvalue weighted by Crippen LogP contribution is -2.50. The maximum absolute atomic E-state index is 13.4. The number of carbonyl (C=O) groups excluding carboxylic acids is 3. The Hall–Kier alpha value is -4.81. The number of amides is 3. The smallest absolute Gasteiger partial charge is 0.281 e. The van der Waals surface area contributed by atoms with Crippen molar-refractivity contribution in [3.05, 3.63) is 101 Å². The first-order valence-corrected chi connectivity index (χ1v) is 16.9. The highest BCUT2D eigenvalue weighted by Crippen LogP contribution is 2.41. The van der Waals surface area contributed by atoms with Crippen molar-refractivity contribution in [2.45, 2.75) is 75.9 Å². The average Bonchev–Trinajstić information content (AvgIpc) is 3.89. The zero-order chi connectivity index (χ0) is 35.3. The first-order chi connectivity index (χ1) is 24.1. The van der Waals surface area contributed by atoms with E-state index in [1.165, 1.54) is 4.90 Å². The van der Waals surface area contributed by atoms with Gasteiger partial charge in [0.05, 0.1) is 19.8 Å². The van der Waals surface area contributed by atoms with Crippen molar-refractivity contribution >= 4 is 34.8 Å². The number of ether oxygens (including phenoxy) is 2. The van der Waals surface area contributed by atoms with Gasteiger partial charge in [-0.3, -0.25) is 24.4 Å². The van der Waals surface area contributed by atoms with Crippen molar-refractivity contribution in [1.82, 2.24) is 10.2 Å². The maximum Gasteiger partial charge on any atom is 0.281 e. The number of nitrogens with zero attached hydrogens (tertiary/aromatic N) is 3. The van der Waals surface area contributed by atoms with E-state index in [1.54, 1.807) is 26.4 Å². The largest absolute Gasteiger partial charge is 0.380 e. The second-order valence-electron chi connectivity index (χ2n) is 13.1. The summed E-state index contributed by atoms with van der Waals surface area (Å²) in [6.07, 6.45) is 7.14. The molecule has 2 N–H and O–H groups in total. The molecule has 2 fully saturated rings. The summed E-state index contributed by atoms with van der Waals surface area (Å²) in [5.74, 6) is -2.46. The number of imide groups is 1. The minimum absolute atomic E-state index is 0.0404. The Labute approximate surface area is 290 Å². The Morgan fingerprint density at radius 1 is 0.780 bits per heavy atom. The van der Waals surface area contributed by atoms with Crippen molar-refractivity contribution in [1.29, 1.82) is 0 Å². The van der Waals surface area contributed by atoms with Gasteiger partial charge in [-0.05, 0) is 74.6 Å². The highest BCUT2D eigenvalue weighted by atomic mass is 19.1. The molecule has 50 heavy (non-hydrogen) atoms. The molecule has 7 rings (SSSR count). The fraction of sp³-hybridized carbons (Fsp3) is 0.395. The molecule has 4 aliphatic rings. The van der Waals surface area contributed by atoms with Crippen LogP contribution in [0.4, 0.5) is 14.5 Å². The Kier molecular flexibility index (Phi) is 10.5. The van der Waals surface area contributed by atoms with Crippen molar-refractivity contribution in [3.63, 3.8) is 0 Å². The summed E-state index contributed by atoms with van der Waals surface area (Å²) in [6.45, 7) is 0.774. The predicted octanol–water partition coefficient (Wildman–Crippen LogP) is 5.67. The first-order valence-electron chi connectivity index (χ1n) is 16.9. The van der Waals surface area contributed by atoms with Crippen molar-refractivity contribution in [2.24, 2.45) is 9.98 Å². The van der Waals surface area contributed by atoms with Crippen LogP contribution in [0.25, 0.3) is 0 Å². The van der Waals surface area contributed by atoms with Gasteiger partial charge in [0.25, 0.3) is 17.7 Å². The van der Waals surface area contributed by atoms with Gasteiger partial charge in [-0.1, -0.05) is 48.5 Å². The van der Waals surface area contributed by atoms with Gasteiger partial charge in [0.15, 0.2) is 0 Å². The minimum Gasteiger partial charge on any atom is -0.380 e. The monoisotopic (exact) mass is 685 g/mol. The zero-order valence-electron chi connectivity index (χ0n) is 28.3. The first kappa shape index (κ1) is 35.0. The van der Waals surface area contributed by atoms with Gasteiger partial charge in [0.1, 0.15) is 34.4 Å². The van der Waals surface area contributed by atoms with Crippen LogP contribution in [0.2, 0.25) is 0 Å². The maximum atomic E-state index is 13.4. The third-order valence-corrected chi connectivity index (χ3v) is 9.50. The molecule has 3 aromatic carbocycles. The lowest BCUT2D eigenvalue weighted by Gasteiger charge is -2.31. The van der Waals surface area contributed by atoms with Crippen LogP contribution in [0, 0.1) is 11.6 Å². The molecule has 2 aliphatic heterocycles. The average molecular weight is 686 g/mol. The number of aliphatic imine (C=N–C) groups is 2. The van der Waals surface area contributed by atoms with Crippen molar-refractivity contribution < 1.29 is 32.6 Å². The molecule has 10 nitrogen and oxygen atoms in total. The molecule has 0 aromatic heterocycles. The third-order valence-electron chi connectivity index (χ3n) is 9.50. The summed E-state index contributed by atoms with van der Waals surface area (Å²) in [7, 11) is 3.28. The van der Waals surface area contributed by atoms with E-state index in [0.29, 0.717) is 37.3 Å². The van der Waals surface area contributed by atoms with Gasteiger partial charge in [-0.2, -0.15) is 0 Å². The van der Waals surface area contributed by atoms with Crippen LogP contribution in [0.3, 0.4) is 0 Å². The van der Waals surface area contributed by atoms with Crippen LogP contribution in [-0.4, -0.2) is 66.1 Å². The number of methoxy groups -OCH3 is 2. The molecule has 0 atom stereocenters. The van der Waals surface area contributed by atoms with Crippen molar-refractivity contribution in [3.8, 4) is 0 Å². The minimum atomic E-state index is -0.885. The molecule has 12 heteroatoms. The molecule has 2 spiro atoms. The van der Waals surface area contributed by atoms with Crippen LogP contribution < -0.4 is 10.6 Å².